The van der Waals surface area contributed by atoms with Crippen molar-refractivity contribution in [1.29, 1.82) is 5.26 Å². The maximum atomic E-state index is 11.0. The second-order valence-corrected chi connectivity index (χ2v) is 4.85. The Morgan fingerprint density at radius 3 is 2.76 bits per heavy atom. The quantitative estimate of drug-likeness (QED) is 0.631. The van der Waals surface area contributed by atoms with E-state index >= 15 is 0 Å². The van der Waals surface area contributed by atoms with Crippen molar-refractivity contribution in [2.45, 2.75) is 13.5 Å². The van der Waals surface area contributed by atoms with Crippen LogP contribution in [0.5, 0.6) is 5.75 Å². The van der Waals surface area contributed by atoms with Crippen molar-refractivity contribution in [3.63, 3.8) is 0 Å². The van der Waals surface area contributed by atoms with Crippen LogP contribution in [-0.2, 0) is 6.61 Å². The zero-order valence-electron chi connectivity index (χ0n) is 11.2. The molecule has 5 nitrogen and oxygen atoms in total. The average Bonchev–Trinajstić information content (AvgIpc) is 2.46. The fraction of sp³-hybridized carbons (Fsp3) is 0.133. The lowest BCUT2D eigenvalue weighted by Crippen LogP contribution is -2.01. The summed E-state index contributed by atoms with van der Waals surface area (Å²) >= 11 is 5.86. The molecule has 0 saturated heterocycles. The number of ether oxygens (including phenoxy) is 1. The fourth-order valence-electron chi connectivity index (χ4n) is 1.83. The Balaban J connectivity index is 2.26. The lowest BCUT2D eigenvalue weighted by molar-refractivity contribution is -0.385. The SMILES string of the molecule is Cc1ccc(C#N)cc1OCc1cc(Cl)ccc1[N+](=O)[O-]. The van der Waals surface area contributed by atoms with Crippen LogP contribution in [0.25, 0.3) is 0 Å². The van der Waals surface area contributed by atoms with Gasteiger partial charge in [-0.05, 0) is 36.8 Å². The lowest BCUT2D eigenvalue weighted by atomic mass is 10.1. The molecule has 0 heterocycles. The highest BCUT2D eigenvalue weighted by molar-refractivity contribution is 6.30. The lowest BCUT2D eigenvalue weighted by Gasteiger charge is -2.10. The molecule has 0 aromatic heterocycles. The predicted octanol–water partition coefficient (Wildman–Crippen LogP) is 4.01. The number of rotatable bonds is 4. The van der Waals surface area contributed by atoms with Crippen LogP contribution in [0.15, 0.2) is 36.4 Å². The molecule has 2 aromatic carbocycles. The van der Waals surface area contributed by atoms with Crippen LogP contribution < -0.4 is 4.74 Å². The second kappa shape index (κ2) is 6.25. The molecule has 0 amide bonds. The first-order chi connectivity index (χ1) is 10.0. The van der Waals surface area contributed by atoms with Crippen LogP contribution >= 0.6 is 11.6 Å². The number of hydrogen-bond acceptors (Lipinski definition) is 4. The summed E-state index contributed by atoms with van der Waals surface area (Å²) in [5.74, 6) is 0.517. The van der Waals surface area contributed by atoms with Gasteiger partial charge in [0.2, 0.25) is 0 Å². The van der Waals surface area contributed by atoms with Crippen molar-refractivity contribution < 1.29 is 9.66 Å². The number of nitriles is 1. The standard InChI is InChI=1S/C15H11ClN2O3/c1-10-2-3-11(8-17)6-15(10)21-9-12-7-13(16)4-5-14(12)18(19)20/h2-7H,9H2,1H3. The highest BCUT2D eigenvalue weighted by Gasteiger charge is 2.15. The van der Waals surface area contributed by atoms with Crippen LogP contribution in [-0.4, -0.2) is 4.92 Å². The summed E-state index contributed by atoms with van der Waals surface area (Å²) in [6.45, 7) is 1.84. The Hall–Kier alpha value is -2.58. The largest absolute Gasteiger partial charge is 0.488 e. The smallest absolute Gasteiger partial charge is 0.276 e. The first kappa shape index (κ1) is 14.8. The van der Waals surface area contributed by atoms with E-state index in [1.807, 2.05) is 13.0 Å². The van der Waals surface area contributed by atoms with Gasteiger partial charge in [0.15, 0.2) is 0 Å². The molecule has 0 spiro atoms. The van der Waals surface area contributed by atoms with Crippen LogP contribution in [0.3, 0.4) is 0 Å². The van der Waals surface area contributed by atoms with Crippen LogP contribution in [0.2, 0.25) is 5.02 Å². The van der Waals surface area contributed by atoms with Gasteiger partial charge in [-0.2, -0.15) is 5.26 Å². The zero-order chi connectivity index (χ0) is 15.4. The highest BCUT2D eigenvalue weighted by atomic mass is 35.5. The summed E-state index contributed by atoms with van der Waals surface area (Å²) in [7, 11) is 0. The molecule has 0 radical (unpaired) electrons. The van der Waals surface area contributed by atoms with Gasteiger partial charge in [-0.15, -0.1) is 0 Å². The minimum absolute atomic E-state index is 0.00654. The molecule has 0 saturated carbocycles. The van der Waals surface area contributed by atoms with E-state index in [-0.39, 0.29) is 12.3 Å². The number of halogens is 1. The van der Waals surface area contributed by atoms with E-state index in [9.17, 15) is 10.1 Å². The Morgan fingerprint density at radius 1 is 1.33 bits per heavy atom. The van der Waals surface area contributed by atoms with E-state index < -0.39 is 4.92 Å². The average molecular weight is 303 g/mol. The molecule has 106 valence electrons. The number of nitro benzene ring substituents is 1. The van der Waals surface area contributed by atoms with Crippen molar-refractivity contribution in [3.05, 3.63) is 68.2 Å². The van der Waals surface area contributed by atoms with E-state index in [1.54, 1.807) is 18.2 Å². The van der Waals surface area contributed by atoms with Gasteiger partial charge in [0, 0.05) is 11.1 Å². The third-order valence-corrected chi connectivity index (χ3v) is 3.17. The van der Waals surface area contributed by atoms with E-state index in [0.29, 0.717) is 21.9 Å². The summed E-state index contributed by atoms with van der Waals surface area (Å²) in [5, 5.41) is 20.3. The molecule has 0 atom stereocenters. The minimum Gasteiger partial charge on any atom is -0.488 e. The van der Waals surface area contributed by atoms with Gasteiger partial charge in [0.25, 0.3) is 5.69 Å². The molecule has 0 aliphatic rings. The van der Waals surface area contributed by atoms with Crippen LogP contribution in [0, 0.1) is 28.4 Å². The third kappa shape index (κ3) is 3.50. The summed E-state index contributed by atoms with van der Waals surface area (Å²) < 4.78 is 5.60. The van der Waals surface area contributed by atoms with E-state index in [2.05, 4.69) is 0 Å². The maximum Gasteiger partial charge on any atom is 0.276 e. The molecule has 2 aromatic rings. The first-order valence-electron chi connectivity index (χ1n) is 6.07. The molecule has 0 unspecified atom stereocenters. The van der Waals surface area contributed by atoms with Gasteiger partial charge in [-0.3, -0.25) is 10.1 Å². The highest BCUT2D eigenvalue weighted by Crippen LogP contribution is 2.26. The number of benzene rings is 2. The van der Waals surface area contributed by atoms with Gasteiger partial charge >= 0.3 is 0 Å². The molecule has 0 bridgehead atoms. The van der Waals surface area contributed by atoms with Gasteiger partial charge in [-0.25, -0.2) is 0 Å². The molecule has 0 aliphatic heterocycles. The van der Waals surface area contributed by atoms with Gasteiger partial charge in [0.1, 0.15) is 12.4 Å². The van der Waals surface area contributed by atoms with Gasteiger partial charge in [0.05, 0.1) is 22.1 Å². The molecule has 0 fully saturated rings. The Morgan fingerprint density at radius 2 is 2.10 bits per heavy atom. The minimum atomic E-state index is -0.479. The summed E-state index contributed by atoms with van der Waals surface area (Å²) in [4.78, 5) is 10.5. The molecular formula is C15H11ClN2O3. The summed E-state index contributed by atoms with van der Waals surface area (Å²) in [5.41, 5.74) is 1.65. The second-order valence-electron chi connectivity index (χ2n) is 4.41. The van der Waals surface area contributed by atoms with Crippen molar-refractivity contribution >= 4 is 17.3 Å². The number of aryl methyl sites for hydroxylation is 1. The maximum absolute atomic E-state index is 11.0. The number of hydrogen-bond donors (Lipinski definition) is 0. The first-order valence-corrected chi connectivity index (χ1v) is 6.45. The molecule has 2 rings (SSSR count). The predicted molar refractivity (Wildman–Crippen MR) is 78.3 cm³/mol. The Labute approximate surface area is 126 Å². The summed E-state index contributed by atoms with van der Waals surface area (Å²) in [6.07, 6.45) is 0. The van der Waals surface area contributed by atoms with E-state index in [0.717, 1.165) is 5.56 Å². The van der Waals surface area contributed by atoms with Gasteiger partial charge < -0.3 is 4.74 Å². The summed E-state index contributed by atoms with van der Waals surface area (Å²) in [6, 6.07) is 11.4. The van der Waals surface area contributed by atoms with Crippen LogP contribution in [0.4, 0.5) is 5.69 Å². The van der Waals surface area contributed by atoms with Crippen molar-refractivity contribution in [2.24, 2.45) is 0 Å². The van der Waals surface area contributed by atoms with Crippen molar-refractivity contribution in [2.75, 3.05) is 0 Å². The number of nitro groups is 1. The number of nitrogens with zero attached hydrogens (tertiary/aromatic N) is 2. The molecule has 21 heavy (non-hydrogen) atoms. The van der Waals surface area contributed by atoms with Crippen molar-refractivity contribution in [1.82, 2.24) is 0 Å². The normalized spacial score (nSPS) is 9.95. The zero-order valence-corrected chi connectivity index (χ0v) is 11.9. The molecule has 6 heteroatoms. The van der Waals surface area contributed by atoms with E-state index in [4.69, 9.17) is 21.6 Å². The molecule has 0 N–H and O–H groups in total. The van der Waals surface area contributed by atoms with Crippen LogP contribution in [0.1, 0.15) is 16.7 Å². The molecule has 0 aliphatic carbocycles. The van der Waals surface area contributed by atoms with E-state index in [1.165, 1.54) is 18.2 Å². The fourth-order valence-corrected chi connectivity index (χ4v) is 2.02. The molecular weight excluding hydrogens is 292 g/mol. The van der Waals surface area contributed by atoms with Crippen molar-refractivity contribution in [3.8, 4) is 11.8 Å². The third-order valence-electron chi connectivity index (χ3n) is 2.94. The monoisotopic (exact) mass is 302 g/mol. The van der Waals surface area contributed by atoms with Gasteiger partial charge in [-0.1, -0.05) is 17.7 Å². The topological polar surface area (TPSA) is 76.2 Å². The Bertz CT molecular complexity index is 738. The Kier molecular flexibility index (Phi) is 4.41.